The Morgan fingerprint density at radius 2 is 2.10 bits per heavy atom. The van der Waals surface area contributed by atoms with Crippen molar-refractivity contribution in [3.05, 3.63) is 41.3 Å². The summed E-state index contributed by atoms with van der Waals surface area (Å²) in [5, 5.41) is 7.64. The fraction of sp³-hybridized carbons (Fsp3) is 0.286. The van der Waals surface area contributed by atoms with Gasteiger partial charge in [0.05, 0.1) is 26.1 Å². The predicted molar refractivity (Wildman–Crippen MR) is 73.2 cm³/mol. The summed E-state index contributed by atoms with van der Waals surface area (Å²) >= 11 is 0. The molecule has 0 bridgehead atoms. The summed E-state index contributed by atoms with van der Waals surface area (Å²) in [4.78, 5) is 5.15. The molecule has 0 amide bonds. The molecule has 0 N–H and O–H groups in total. The molecule has 0 aliphatic heterocycles. The number of aromatic nitrogens is 1. The first-order valence-electron chi connectivity index (χ1n) is 6.02. The Balaban J connectivity index is 1.99. The number of hydrogen-bond donors (Lipinski definition) is 0. The van der Waals surface area contributed by atoms with Crippen LogP contribution in [0.15, 0.2) is 33.9 Å². The van der Waals surface area contributed by atoms with Gasteiger partial charge in [0.1, 0.15) is 11.5 Å². The van der Waals surface area contributed by atoms with E-state index in [1.165, 1.54) is 0 Å². The minimum absolute atomic E-state index is 0.226. The molecule has 0 spiro atoms. The third kappa shape index (κ3) is 3.50. The lowest BCUT2D eigenvalue weighted by atomic mass is 10.2. The summed E-state index contributed by atoms with van der Waals surface area (Å²) in [6, 6.07) is 7.22. The lowest BCUT2D eigenvalue weighted by Crippen LogP contribution is -1.93. The van der Waals surface area contributed by atoms with Crippen molar-refractivity contribution in [2.45, 2.75) is 13.5 Å². The van der Waals surface area contributed by atoms with Crippen molar-refractivity contribution in [3.8, 4) is 11.5 Å². The number of nitrogens with zero attached hydrogens (tertiary/aromatic N) is 2. The summed E-state index contributed by atoms with van der Waals surface area (Å²) in [6.45, 7) is 2.07. The minimum atomic E-state index is 0.226. The highest BCUT2D eigenvalue weighted by Crippen LogP contribution is 2.22. The number of rotatable bonds is 6. The minimum Gasteiger partial charge on any atom is -0.497 e. The van der Waals surface area contributed by atoms with Crippen LogP contribution in [0.1, 0.15) is 17.0 Å². The first kappa shape index (κ1) is 13.9. The largest absolute Gasteiger partial charge is 0.497 e. The van der Waals surface area contributed by atoms with Crippen molar-refractivity contribution in [2.24, 2.45) is 5.16 Å². The molecule has 0 aliphatic rings. The molecule has 6 heteroatoms. The zero-order valence-electron chi connectivity index (χ0n) is 11.6. The third-order valence-corrected chi connectivity index (χ3v) is 2.59. The molecule has 0 atom stereocenters. The summed E-state index contributed by atoms with van der Waals surface area (Å²) in [5.41, 5.74) is 1.57. The van der Waals surface area contributed by atoms with E-state index >= 15 is 0 Å². The standard InChI is InChI=1S/C14H16N2O4/c1-10-6-13(20-16-10)9-19-15-8-11-7-12(17-2)4-5-14(11)18-3/h4-8H,9H2,1-3H3. The Hall–Kier alpha value is -2.50. The quantitative estimate of drug-likeness (QED) is 0.599. The Morgan fingerprint density at radius 3 is 2.75 bits per heavy atom. The molecule has 20 heavy (non-hydrogen) atoms. The van der Waals surface area contributed by atoms with E-state index in [1.54, 1.807) is 32.6 Å². The van der Waals surface area contributed by atoms with Gasteiger partial charge in [0.2, 0.25) is 0 Å². The van der Waals surface area contributed by atoms with Gasteiger partial charge in [-0.3, -0.25) is 0 Å². The topological polar surface area (TPSA) is 66.1 Å². The number of benzene rings is 1. The zero-order chi connectivity index (χ0) is 14.4. The molecule has 0 radical (unpaired) electrons. The van der Waals surface area contributed by atoms with Crippen LogP contribution in [0, 0.1) is 6.92 Å². The molecule has 1 aromatic carbocycles. The van der Waals surface area contributed by atoms with Gasteiger partial charge in [0.25, 0.3) is 0 Å². The fourth-order valence-corrected chi connectivity index (χ4v) is 1.62. The monoisotopic (exact) mass is 276 g/mol. The zero-order valence-corrected chi connectivity index (χ0v) is 11.6. The van der Waals surface area contributed by atoms with Gasteiger partial charge in [-0.05, 0) is 25.1 Å². The van der Waals surface area contributed by atoms with Gasteiger partial charge < -0.3 is 18.8 Å². The van der Waals surface area contributed by atoms with Crippen LogP contribution in [-0.4, -0.2) is 25.6 Å². The van der Waals surface area contributed by atoms with Crippen LogP contribution in [-0.2, 0) is 11.4 Å². The smallest absolute Gasteiger partial charge is 0.177 e. The Labute approximate surface area is 116 Å². The van der Waals surface area contributed by atoms with E-state index in [4.69, 9.17) is 18.8 Å². The Kier molecular flexibility index (Phi) is 4.60. The molecular formula is C14H16N2O4. The second-order valence-corrected chi connectivity index (χ2v) is 4.05. The molecule has 0 fully saturated rings. The van der Waals surface area contributed by atoms with Gasteiger partial charge in [-0.15, -0.1) is 0 Å². The highest BCUT2D eigenvalue weighted by molar-refractivity contribution is 5.83. The Bertz CT molecular complexity index is 593. The van der Waals surface area contributed by atoms with E-state index in [-0.39, 0.29) is 6.61 Å². The van der Waals surface area contributed by atoms with Gasteiger partial charge >= 0.3 is 0 Å². The van der Waals surface area contributed by atoms with Gasteiger partial charge in [0, 0.05) is 11.6 Å². The van der Waals surface area contributed by atoms with Crippen molar-refractivity contribution in [3.63, 3.8) is 0 Å². The maximum absolute atomic E-state index is 5.23. The lowest BCUT2D eigenvalue weighted by molar-refractivity contribution is 0.110. The van der Waals surface area contributed by atoms with Gasteiger partial charge in [-0.1, -0.05) is 10.3 Å². The second-order valence-electron chi connectivity index (χ2n) is 4.05. The molecule has 1 aromatic heterocycles. The van der Waals surface area contributed by atoms with E-state index in [2.05, 4.69) is 10.3 Å². The fourth-order valence-electron chi connectivity index (χ4n) is 1.62. The molecule has 2 rings (SSSR count). The molecule has 0 saturated heterocycles. The summed E-state index contributed by atoms with van der Waals surface area (Å²) in [6.07, 6.45) is 1.56. The van der Waals surface area contributed by atoms with Crippen molar-refractivity contribution < 1.29 is 18.8 Å². The SMILES string of the molecule is COc1ccc(OC)c(C=NOCc2cc(C)no2)c1. The maximum Gasteiger partial charge on any atom is 0.177 e. The highest BCUT2D eigenvalue weighted by atomic mass is 16.6. The molecule has 0 aliphatic carbocycles. The molecule has 106 valence electrons. The van der Waals surface area contributed by atoms with Gasteiger partial charge in [0.15, 0.2) is 12.4 Å². The Morgan fingerprint density at radius 1 is 1.25 bits per heavy atom. The van der Waals surface area contributed by atoms with E-state index in [1.807, 2.05) is 19.1 Å². The lowest BCUT2D eigenvalue weighted by Gasteiger charge is -2.06. The maximum atomic E-state index is 5.23. The number of oxime groups is 1. The van der Waals surface area contributed by atoms with Crippen LogP contribution in [0.4, 0.5) is 0 Å². The first-order chi connectivity index (χ1) is 9.72. The normalized spacial score (nSPS) is 10.8. The number of ether oxygens (including phenoxy) is 2. The van der Waals surface area contributed by atoms with E-state index in [9.17, 15) is 0 Å². The predicted octanol–water partition coefficient (Wildman–Crippen LogP) is 2.55. The van der Waals surface area contributed by atoms with Gasteiger partial charge in [-0.25, -0.2) is 0 Å². The van der Waals surface area contributed by atoms with Crippen LogP contribution < -0.4 is 9.47 Å². The molecule has 1 heterocycles. The van der Waals surface area contributed by atoms with Crippen LogP contribution in [0.3, 0.4) is 0 Å². The number of methoxy groups -OCH3 is 2. The second kappa shape index (κ2) is 6.60. The molecule has 6 nitrogen and oxygen atoms in total. The third-order valence-electron chi connectivity index (χ3n) is 2.59. The van der Waals surface area contributed by atoms with Crippen LogP contribution in [0.25, 0.3) is 0 Å². The van der Waals surface area contributed by atoms with Crippen LogP contribution in [0.2, 0.25) is 0 Å². The average Bonchev–Trinajstić information content (AvgIpc) is 2.89. The molecule has 2 aromatic rings. The summed E-state index contributed by atoms with van der Waals surface area (Å²) < 4.78 is 15.4. The van der Waals surface area contributed by atoms with Crippen molar-refractivity contribution >= 4 is 6.21 Å². The average molecular weight is 276 g/mol. The highest BCUT2D eigenvalue weighted by Gasteiger charge is 2.03. The van der Waals surface area contributed by atoms with Crippen molar-refractivity contribution in [2.75, 3.05) is 14.2 Å². The molecular weight excluding hydrogens is 260 g/mol. The number of hydrogen-bond acceptors (Lipinski definition) is 6. The van der Waals surface area contributed by atoms with E-state index in [0.717, 1.165) is 17.0 Å². The van der Waals surface area contributed by atoms with Gasteiger partial charge in [-0.2, -0.15) is 0 Å². The van der Waals surface area contributed by atoms with Crippen molar-refractivity contribution in [1.29, 1.82) is 0 Å². The number of aryl methyl sites for hydroxylation is 1. The van der Waals surface area contributed by atoms with E-state index < -0.39 is 0 Å². The van der Waals surface area contributed by atoms with Crippen molar-refractivity contribution in [1.82, 2.24) is 5.16 Å². The van der Waals surface area contributed by atoms with Crippen LogP contribution in [0.5, 0.6) is 11.5 Å². The molecule has 0 saturated carbocycles. The van der Waals surface area contributed by atoms with E-state index in [0.29, 0.717) is 11.5 Å². The summed E-state index contributed by atoms with van der Waals surface area (Å²) in [5.74, 6) is 2.03. The summed E-state index contributed by atoms with van der Waals surface area (Å²) in [7, 11) is 3.20. The molecule has 0 unspecified atom stereocenters. The first-order valence-corrected chi connectivity index (χ1v) is 6.02. The van der Waals surface area contributed by atoms with Crippen LogP contribution >= 0.6 is 0 Å².